The average Bonchev–Trinajstić information content (AvgIpc) is 2.96. The summed E-state index contributed by atoms with van der Waals surface area (Å²) in [5.74, 6) is -1.36. The van der Waals surface area contributed by atoms with Gasteiger partial charge in [0.15, 0.2) is 0 Å². The molecular formula is C16H20F3N5O. The fourth-order valence-corrected chi connectivity index (χ4v) is 3.31. The van der Waals surface area contributed by atoms with Gasteiger partial charge in [0.25, 0.3) is 11.6 Å². The van der Waals surface area contributed by atoms with Crippen LogP contribution in [0.1, 0.15) is 49.0 Å². The van der Waals surface area contributed by atoms with Gasteiger partial charge in [-0.3, -0.25) is 4.79 Å². The van der Waals surface area contributed by atoms with E-state index < -0.39 is 12.0 Å². The van der Waals surface area contributed by atoms with Gasteiger partial charge in [0.05, 0.1) is 6.42 Å². The summed E-state index contributed by atoms with van der Waals surface area (Å²) in [6.07, 6.45) is -1.47. The van der Waals surface area contributed by atoms with Gasteiger partial charge in [0.1, 0.15) is 0 Å². The van der Waals surface area contributed by atoms with Crippen LogP contribution >= 0.6 is 0 Å². The van der Waals surface area contributed by atoms with Crippen molar-refractivity contribution >= 4 is 11.7 Å². The van der Waals surface area contributed by atoms with Crippen LogP contribution < -0.4 is 0 Å². The van der Waals surface area contributed by atoms with E-state index in [2.05, 4.69) is 15.1 Å². The summed E-state index contributed by atoms with van der Waals surface area (Å²) in [5.41, 5.74) is 1.57. The van der Waals surface area contributed by atoms with Crippen LogP contribution in [0.25, 0.3) is 5.78 Å². The molecule has 136 valence electrons. The maximum absolute atomic E-state index is 12.8. The highest BCUT2D eigenvalue weighted by Gasteiger charge is 2.37. The zero-order chi connectivity index (χ0) is 18.4. The maximum Gasteiger partial charge on any atom is 0.453 e. The number of aromatic nitrogens is 4. The van der Waals surface area contributed by atoms with E-state index in [1.54, 1.807) is 13.8 Å². The van der Waals surface area contributed by atoms with Gasteiger partial charge in [-0.05, 0) is 40.0 Å². The summed E-state index contributed by atoms with van der Waals surface area (Å²) in [5, 5.41) is 3.51. The summed E-state index contributed by atoms with van der Waals surface area (Å²) < 4.78 is 39.6. The Kier molecular flexibility index (Phi) is 4.42. The number of fused-ring (bicyclic) bond motifs is 1. The van der Waals surface area contributed by atoms with Crippen molar-refractivity contribution < 1.29 is 18.0 Å². The van der Waals surface area contributed by atoms with Gasteiger partial charge in [-0.2, -0.15) is 18.2 Å². The molecular weight excluding hydrogens is 335 g/mol. The van der Waals surface area contributed by atoms with E-state index in [9.17, 15) is 18.0 Å². The van der Waals surface area contributed by atoms with Gasteiger partial charge < -0.3 is 4.90 Å². The van der Waals surface area contributed by atoms with Crippen LogP contribution in [0.5, 0.6) is 0 Å². The lowest BCUT2D eigenvalue weighted by atomic mass is 10.0. The first kappa shape index (κ1) is 17.6. The van der Waals surface area contributed by atoms with Crippen molar-refractivity contribution in [2.45, 2.75) is 58.7 Å². The van der Waals surface area contributed by atoms with Crippen molar-refractivity contribution in [3.63, 3.8) is 0 Å². The molecule has 0 radical (unpaired) electrons. The van der Waals surface area contributed by atoms with Crippen LogP contribution in [0.2, 0.25) is 0 Å². The molecule has 1 atom stereocenters. The van der Waals surface area contributed by atoms with E-state index in [1.165, 1.54) is 0 Å². The Labute approximate surface area is 143 Å². The standard InChI is InChI=1S/C16H20F3N5O/c1-9-6-4-5-7-23(9)13(25)8-12-10(2)20-15-21-14(16(17,18)19)22-24(15)11(12)3/h9H,4-8H2,1-3H3/t9-/m0/s1. The van der Waals surface area contributed by atoms with E-state index in [0.717, 1.165) is 30.3 Å². The Balaban J connectivity index is 1.94. The number of hydrogen-bond donors (Lipinski definition) is 0. The predicted octanol–water partition coefficient (Wildman–Crippen LogP) is 2.70. The van der Waals surface area contributed by atoms with Crippen molar-refractivity contribution in [1.29, 1.82) is 0 Å². The fourth-order valence-electron chi connectivity index (χ4n) is 3.31. The van der Waals surface area contributed by atoms with Gasteiger partial charge >= 0.3 is 6.18 Å². The molecule has 0 spiro atoms. The number of nitrogens with zero attached hydrogens (tertiary/aromatic N) is 5. The first-order valence-corrected chi connectivity index (χ1v) is 8.28. The van der Waals surface area contributed by atoms with Crippen molar-refractivity contribution in [3.8, 4) is 0 Å². The zero-order valence-corrected chi connectivity index (χ0v) is 14.4. The molecule has 0 aromatic carbocycles. The third-order valence-electron chi connectivity index (χ3n) is 4.75. The zero-order valence-electron chi connectivity index (χ0n) is 14.4. The molecule has 3 heterocycles. The van der Waals surface area contributed by atoms with Crippen LogP contribution in [-0.2, 0) is 17.4 Å². The molecule has 1 fully saturated rings. The number of hydrogen-bond acceptors (Lipinski definition) is 4. The SMILES string of the molecule is Cc1nc2nc(C(F)(F)F)nn2c(C)c1CC(=O)N1CCCC[C@@H]1C. The summed E-state index contributed by atoms with van der Waals surface area (Å²) in [6.45, 7) is 6.05. The van der Waals surface area contributed by atoms with Crippen molar-refractivity contribution in [1.82, 2.24) is 24.5 Å². The second-order valence-electron chi connectivity index (χ2n) is 6.51. The Bertz CT molecular complexity index is 814. The largest absolute Gasteiger partial charge is 0.453 e. The van der Waals surface area contributed by atoms with E-state index in [1.807, 2.05) is 11.8 Å². The number of halogens is 3. The Hall–Kier alpha value is -2.19. The number of carbonyl (C=O) groups is 1. The molecule has 25 heavy (non-hydrogen) atoms. The third kappa shape index (κ3) is 3.32. The van der Waals surface area contributed by atoms with Gasteiger partial charge in [-0.1, -0.05) is 0 Å². The molecule has 0 saturated carbocycles. The number of aryl methyl sites for hydroxylation is 2. The Morgan fingerprint density at radius 3 is 2.60 bits per heavy atom. The number of likely N-dealkylation sites (tertiary alicyclic amines) is 1. The third-order valence-corrected chi connectivity index (χ3v) is 4.75. The molecule has 1 aliphatic heterocycles. The van der Waals surface area contributed by atoms with Gasteiger partial charge in [-0.15, -0.1) is 5.10 Å². The lowest BCUT2D eigenvalue weighted by Gasteiger charge is -2.33. The minimum atomic E-state index is -4.63. The van der Waals surface area contributed by atoms with Gasteiger partial charge in [-0.25, -0.2) is 9.50 Å². The molecule has 6 nitrogen and oxygen atoms in total. The second kappa shape index (κ2) is 6.27. The van der Waals surface area contributed by atoms with Crippen LogP contribution in [0.3, 0.4) is 0 Å². The minimum absolute atomic E-state index is 0.0317. The van der Waals surface area contributed by atoms with Crippen LogP contribution in [0.15, 0.2) is 0 Å². The summed E-state index contributed by atoms with van der Waals surface area (Å²) in [7, 11) is 0. The molecule has 0 aliphatic carbocycles. The number of alkyl halides is 3. The van der Waals surface area contributed by atoms with Crippen molar-refractivity contribution in [2.75, 3.05) is 6.54 Å². The predicted molar refractivity (Wildman–Crippen MR) is 84.0 cm³/mol. The minimum Gasteiger partial charge on any atom is -0.340 e. The van der Waals surface area contributed by atoms with Crippen LogP contribution in [0, 0.1) is 13.8 Å². The van der Waals surface area contributed by atoms with Gasteiger partial charge in [0, 0.05) is 29.5 Å². The Morgan fingerprint density at radius 1 is 1.24 bits per heavy atom. The molecule has 0 bridgehead atoms. The molecule has 0 unspecified atom stereocenters. The average molecular weight is 355 g/mol. The van der Waals surface area contributed by atoms with Crippen LogP contribution in [-0.4, -0.2) is 43.0 Å². The number of amides is 1. The molecule has 2 aromatic heterocycles. The molecule has 9 heteroatoms. The highest BCUT2D eigenvalue weighted by Crippen LogP contribution is 2.27. The fraction of sp³-hybridized carbons (Fsp3) is 0.625. The summed E-state index contributed by atoms with van der Waals surface area (Å²) >= 11 is 0. The van der Waals surface area contributed by atoms with E-state index >= 15 is 0 Å². The molecule has 1 amide bonds. The van der Waals surface area contributed by atoms with Crippen molar-refractivity contribution in [2.24, 2.45) is 0 Å². The van der Waals surface area contributed by atoms with E-state index in [4.69, 9.17) is 0 Å². The summed E-state index contributed by atoms with van der Waals surface area (Å²) in [6, 6.07) is 0.182. The molecule has 3 rings (SSSR count). The van der Waals surface area contributed by atoms with E-state index in [0.29, 0.717) is 17.0 Å². The summed E-state index contributed by atoms with van der Waals surface area (Å²) in [4.78, 5) is 22.1. The Morgan fingerprint density at radius 2 is 1.96 bits per heavy atom. The molecule has 1 saturated heterocycles. The molecule has 2 aromatic rings. The molecule has 0 N–H and O–H groups in total. The normalized spacial score (nSPS) is 18.8. The first-order chi connectivity index (χ1) is 11.7. The topological polar surface area (TPSA) is 63.4 Å². The lowest BCUT2D eigenvalue weighted by molar-refractivity contribution is -0.144. The second-order valence-corrected chi connectivity index (χ2v) is 6.51. The monoisotopic (exact) mass is 355 g/mol. The highest BCUT2D eigenvalue weighted by atomic mass is 19.4. The molecule has 1 aliphatic rings. The quantitative estimate of drug-likeness (QED) is 0.831. The number of rotatable bonds is 2. The van der Waals surface area contributed by atoms with Crippen LogP contribution in [0.4, 0.5) is 13.2 Å². The first-order valence-electron chi connectivity index (χ1n) is 8.28. The smallest absolute Gasteiger partial charge is 0.340 e. The van der Waals surface area contributed by atoms with E-state index in [-0.39, 0.29) is 24.1 Å². The number of piperidine rings is 1. The lowest BCUT2D eigenvalue weighted by Crippen LogP contribution is -2.43. The van der Waals surface area contributed by atoms with Gasteiger partial charge in [0.2, 0.25) is 5.91 Å². The number of carbonyl (C=O) groups excluding carboxylic acids is 1. The highest BCUT2D eigenvalue weighted by molar-refractivity contribution is 5.79. The maximum atomic E-state index is 12.8. The van der Waals surface area contributed by atoms with Crippen molar-refractivity contribution in [3.05, 3.63) is 22.8 Å².